The molecule has 1 unspecified atom stereocenters. The number of halogens is 4. The van der Waals surface area contributed by atoms with Crippen molar-refractivity contribution in [1.29, 1.82) is 0 Å². The summed E-state index contributed by atoms with van der Waals surface area (Å²) in [5, 5.41) is 1.38. The number of hydrogen-bond donors (Lipinski definition) is 1. The summed E-state index contributed by atoms with van der Waals surface area (Å²) in [6.07, 6.45) is 6.78. The number of piperidine rings is 1. The first kappa shape index (κ1) is 32.0. The Balaban J connectivity index is 1.41. The summed E-state index contributed by atoms with van der Waals surface area (Å²) in [4.78, 5) is 28.7. The van der Waals surface area contributed by atoms with Gasteiger partial charge >= 0.3 is 6.18 Å². The van der Waals surface area contributed by atoms with E-state index in [1.807, 2.05) is 48.6 Å². The summed E-state index contributed by atoms with van der Waals surface area (Å²) >= 11 is 5.82. The van der Waals surface area contributed by atoms with Gasteiger partial charge in [-0.15, -0.1) is 11.3 Å². The van der Waals surface area contributed by atoms with Crippen molar-refractivity contribution in [3.8, 4) is 0 Å². The molecule has 2 N–H and O–H groups in total. The van der Waals surface area contributed by atoms with Gasteiger partial charge in [-0.1, -0.05) is 60.2 Å². The number of hydrogen-bond acceptors (Lipinski definition) is 5. The molecule has 6 nitrogen and oxygen atoms in total. The number of rotatable bonds is 7. The number of allylic oxidation sites excluding steroid dienone is 7. The zero-order valence-corrected chi connectivity index (χ0v) is 26.0. The third-order valence-corrected chi connectivity index (χ3v) is 10.4. The average Bonchev–Trinajstić information content (AvgIpc) is 3.45. The summed E-state index contributed by atoms with van der Waals surface area (Å²) in [5.74, 6) is -0.982. The standard InChI is InChI=1S/C32H30ClF3N2O4S2/c33-26-9-5-4-8-24(26)28-25(21-10-12-23(13-11-21)42-44(41)19-16-32(34,35)36)20-27(43-28)29(39)38-17-14-31(15-18-38,30(37)40)22-6-2-1-3-7-22/h1-7,9-10,12-13,20H,8,11,14-19H2,(H2,37,40). The molecule has 0 spiro atoms. The van der Waals surface area contributed by atoms with E-state index in [0.29, 0.717) is 48.7 Å². The Kier molecular flexibility index (Phi) is 9.67. The van der Waals surface area contributed by atoms with Crippen molar-refractivity contribution in [2.45, 2.75) is 43.7 Å². The van der Waals surface area contributed by atoms with Crippen LogP contribution in [0.5, 0.6) is 0 Å². The lowest BCUT2D eigenvalue weighted by molar-refractivity contribution is -0.130. The highest BCUT2D eigenvalue weighted by atomic mass is 35.5. The highest BCUT2D eigenvalue weighted by Gasteiger charge is 2.42. The van der Waals surface area contributed by atoms with E-state index < -0.39 is 40.8 Å². The third kappa shape index (κ3) is 7.11. The lowest BCUT2D eigenvalue weighted by Gasteiger charge is -2.40. The molecule has 2 heterocycles. The van der Waals surface area contributed by atoms with Gasteiger partial charge in [0.15, 0.2) is 0 Å². The minimum atomic E-state index is -4.41. The topological polar surface area (TPSA) is 89.7 Å². The van der Waals surface area contributed by atoms with Crippen LogP contribution in [0.2, 0.25) is 0 Å². The Labute approximate surface area is 264 Å². The Morgan fingerprint density at radius 3 is 2.45 bits per heavy atom. The van der Waals surface area contributed by atoms with Gasteiger partial charge < -0.3 is 14.8 Å². The lowest BCUT2D eigenvalue weighted by atomic mass is 9.72. The largest absolute Gasteiger partial charge is 0.401 e. The number of amides is 2. The number of thiophene rings is 1. The van der Waals surface area contributed by atoms with Crippen LogP contribution in [-0.4, -0.2) is 45.9 Å². The monoisotopic (exact) mass is 662 g/mol. The van der Waals surface area contributed by atoms with Crippen molar-refractivity contribution < 1.29 is 31.2 Å². The molecule has 1 fully saturated rings. The molecule has 1 aromatic carbocycles. The Hall–Kier alpha value is -3.41. The molecule has 12 heteroatoms. The molecule has 1 atom stereocenters. The molecule has 2 aliphatic carbocycles. The lowest BCUT2D eigenvalue weighted by Crippen LogP contribution is -2.51. The normalized spacial score (nSPS) is 21.4. The van der Waals surface area contributed by atoms with Crippen molar-refractivity contribution in [1.82, 2.24) is 4.90 Å². The van der Waals surface area contributed by atoms with Gasteiger partial charge in [0.2, 0.25) is 17.0 Å². The fourth-order valence-electron chi connectivity index (χ4n) is 5.52. The quantitative estimate of drug-likeness (QED) is 0.438. The predicted octanol–water partition coefficient (Wildman–Crippen LogP) is 5.27. The van der Waals surface area contributed by atoms with E-state index in [0.717, 1.165) is 26.5 Å². The predicted molar refractivity (Wildman–Crippen MR) is 167 cm³/mol. The summed E-state index contributed by atoms with van der Waals surface area (Å²) < 4.78 is 55.5. The van der Waals surface area contributed by atoms with Crippen LogP contribution in [0.25, 0.3) is 11.1 Å². The van der Waals surface area contributed by atoms with E-state index >= 15 is 0 Å². The first-order valence-corrected chi connectivity index (χ1v) is 16.5. The molecule has 0 bridgehead atoms. The van der Waals surface area contributed by atoms with Gasteiger partial charge in [-0.05, 0) is 71.9 Å². The van der Waals surface area contributed by atoms with Crippen molar-refractivity contribution in [2.75, 3.05) is 18.8 Å². The van der Waals surface area contributed by atoms with Gasteiger partial charge in [-0.25, -0.2) is 4.21 Å². The van der Waals surface area contributed by atoms with E-state index in [1.165, 1.54) is 11.3 Å². The van der Waals surface area contributed by atoms with Crippen LogP contribution in [0, 0.1) is 0 Å². The van der Waals surface area contributed by atoms with Gasteiger partial charge in [0.25, 0.3) is 5.91 Å². The van der Waals surface area contributed by atoms with Crippen LogP contribution >= 0.6 is 22.9 Å². The van der Waals surface area contributed by atoms with E-state index in [4.69, 9.17) is 21.5 Å². The third-order valence-electron chi connectivity index (χ3n) is 7.97. The maximum atomic E-state index is 13.8. The molecule has 0 radical (unpaired) electrons. The second-order valence-corrected chi connectivity index (χ2v) is 13.4. The molecule has 1 saturated heterocycles. The van der Waals surface area contributed by atoms with Crippen molar-refractivity contribution in [3.05, 3.63) is 104 Å². The smallest absolute Gasteiger partial charge is 0.390 e. The number of nitrogens with zero attached hydrogens (tertiary/aromatic N) is 1. The SMILES string of the molecule is NC(=O)C1(c2ccccc2)CCN(C(=O)c2cc(=C3C=CC(OS(=O)CCC(F)(F)F)=CC3)c(=C3CC=CC=C3Cl)s2)CC1. The summed E-state index contributed by atoms with van der Waals surface area (Å²) in [6.45, 7) is 0.731. The van der Waals surface area contributed by atoms with Gasteiger partial charge in [-0.2, -0.15) is 13.2 Å². The maximum Gasteiger partial charge on any atom is 0.390 e. The first-order chi connectivity index (χ1) is 21.0. The van der Waals surface area contributed by atoms with Gasteiger partial charge in [0.1, 0.15) is 5.76 Å². The van der Waals surface area contributed by atoms with Crippen molar-refractivity contribution in [2.24, 2.45) is 5.73 Å². The fourth-order valence-corrected chi connectivity index (χ4v) is 7.87. The molecular formula is C32H30ClF3N2O4S2. The molecule has 5 rings (SSSR count). The Morgan fingerprint density at radius 2 is 1.84 bits per heavy atom. The van der Waals surface area contributed by atoms with E-state index in [-0.39, 0.29) is 11.7 Å². The molecule has 3 aliphatic rings. The average molecular weight is 663 g/mol. The highest BCUT2D eigenvalue weighted by Crippen LogP contribution is 2.36. The number of benzene rings is 1. The van der Waals surface area contributed by atoms with Gasteiger partial charge in [-0.3, -0.25) is 9.59 Å². The minimum absolute atomic E-state index is 0.152. The molecule has 232 valence electrons. The van der Waals surface area contributed by atoms with Crippen molar-refractivity contribution in [3.63, 3.8) is 0 Å². The first-order valence-electron chi connectivity index (χ1n) is 14.0. The summed E-state index contributed by atoms with van der Waals surface area (Å²) in [5.41, 5.74) is 7.63. The number of carbonyl (C=O) groups is 2. The van der Waals surface area contributed by atoms with Crippen LogP contribution in [0.1, 0.15) is 47.3 Å². The zero-order chi connectivity index (χ0) is 31.5. The van der Waals surface area contributed by atoms with Crippen LogP contribution in [0.3, 0.4) is 0 Å². The molecule has 2 amide bonds. The second-order valence-electron chi connectivity index (χ2n) is 10.7. The number of nitrogens with two attached hydrogens (primary N) is 1. The van der Waals surface area contributed by atoms with Crippen molar-refractivity contribution >= 4 is 57.0 Å². The van der Waals surface area contributed by atoms with E-state index in [2.05, 4.69) is 0 Å². The van der Waals surface area contributed by atoms with Crippen LogP contribution < -0.4 is 15.5 Å². The zero-order valence-electron chi connectivity index (χ0n) is 23.6. The molecule has 44 heavy (non-hydrogen) atoms. The molecule has 0 saturated carbocycles. The van der Waals surface area contributed by atoms with Gasteiger partial charge in [0, 0.05) is 22.7 Å². The Bertz CT molecular complexity index is 1720. The maximum absolute atomic E-state index is 13.8. The van der Waals surface area contributed by atoms with E-state index in [1.54, 1.807) is 29.2 Å². The highest BCUT2D eigenvalue weighted by molar-refractivity contribution is 7.80. The number of carbonyl (C=O) groups excluding carboxylic acids is 2. The van der Waals surface area contributed by atoms with E-state index in [9.17, 15) is 27.0 Å². The van der Waals surface area contributed by atoms with Crippen LogP contribution in [0.4, 0.5) is 13.2 Å². The fraction of sp³-hybridized carbons (Fsp3) is 0.312. The van der Waals surface area contributed by atoms with Crippen LogP contribution in [0.15, 0.2) is 83.6 Å². The number of alkyl halides is 3. The molecular weight excluding hydrogens is 633 g/mol. The summed E-state index contributed by atoms with van der Waals surface area (Å²) in [7, 11) is 0. The molecule has 2 aromatic rings. The second kappa shape index (κ2) is 13.3. The number of likely N-dealkylation sites (tertiary alicyclic amines) is 1. The minimum Gasteiger partial charge on any atom is -0.401 e. The Morgan fingerprint density at radius 1 is 1.11 bits per heavy atom. The van der Waals surface area contributed by atoms with Gasteiger partial charge in [0.05, 0.1) is 22.5 Å². The number of primary amides is 1. The summed E-state index contributed by atoms with van der Waals surface area (Å²) in [6, 6.07) is 11.3. The molecule has 1 aromatic heterocycles. The molecule has 1 aliphatic heterocycles. The van der Waals surface area contributed by atoms with Crippen LogP contribution in [-0.2, 0) is 25.5 Å².